The normalized spacial score (nSPS) is 10.0. The van der Waals surface area contributed by atoms with Crippen molar-refractivity contribution in [1.29, 1.82) is 10.5 Å². The number of aromatic nitrogens is 4. The summed E-state index contributed by atoms with van der Waals surface area (Å²) in [6.07, 6.45) is 0. The molecule has 300 valence electrons. The summed E-state index contributed by atoms with van der Waals surface area (Å²) in [5, 5.41) is 41.9. The average molecular weight is 885 g/mol. The van der Waals surface area contributed by atoms with Crippen molar-refractivity contribution in [3.8, 4) is 45.9 Å². The van der Waals surface area contributed by atoms with E-state index in [-0.39, 0.29) is 65.2 Å². The van der Waals surface area contributed by atoms with Crippen LogP contribution in [-0.4, -0.2) is 56.6 Å². The molecule has 4 aromatic heterocycles. The Morgan fingerprint density at radius 1 is 0.780 bits per heavy atom. The Balaban J connectivity index is 0.000000225. The topological polar surface area (TPSA) is 274 Å². The molecule has 0 amide bonds. The number of anilines is 4. The van der Waals surface area contributed by atoms with Crippen molar-refractivity contribution >= 4 is 91.5 Å². The Morgan fingerprint density at radius 2 is 1.27 bits per heavy atom. The summed E-state index contributed by atoms with van der Waals surface area (Å²) in [4.78, 5) is 21.9. The Hall–Kier alpha value is -6.46. The molecule has 0 unspecified atom stereocenters. The maximum atomic E-state index is 9.81. The van der Waals surface area contributed by atoms with E-state index in [2.05, 4.69) is 35.7 Å². The standard InChI is InChI=1S/C19H16N6O2S2.C15H12N4O2S.C4H5ClN2S/c1-23-16-15(11-2-4-13(5-3-11)27-7-6-26)14(8-20)18(25-17(16)21)28-9-12-10-29-19(22)24-12;1-18-13-12(11(8-16)15(22)19-14(13)17)9-2-4-10(5-3-9)21-7-6-20;5-1-3-2-8-4(6)7-3/h2-5,10,26H,6-7,9H2,(H2,21,25)(H2,22,24);2-5,20H,6-7H2,(H3,17,19,22);2H,1H2,(H2,6,7). The fourth-order valence-corrected chi connectivity index (χ4v) is 7.57. The van der Waals surface area contributed by atoms with Gasteiger partial charge in [-0.15, -0.1) is 34.3 Å². The second-order valence-corrected chi connectivity index (χ2v) is 14.7. The monoisotopic (exact) mass is 884 g/mol. The van der Waals surface area contributed by atoms with E-state index >= 15 is 0 Å². The number of H-pyrrole nitrogens is 1. The second kappa shape index (κ2) is 22.5. The van der Waals surface area contributed by atoms with Crippen LogP contribution >= 0.6 is 58.3 Å². The molecule has 0 fully saturated rings. The molecule has 2 aromatic carbocycles. The van der Waals surface area contributed by atoms with Crippen molar-refractivity contribution in [3.05, 3.63) is 109 Å². The molecule has 0 aliphatic heterocycles. The van der Waals surface area contributed by atoms with Gasteiger partial charge < -0.3 is 47.6 Å². The summed E-state index contributed by atoms with van der Waals surface area (Å²) in [5.41, 5.74) is 27.3. The fraction of sp³-hybridized carbons (Fsp3) is 0.158. The molecule has 0 saturated carbocycles. The highest BCUT2D eigenvalue weighted by molar-refractivity contribution is 7.98. The number of nitrogens with one attached hydrogen (secondary N) is 1. The van der Waals surface area contributed by atoms with Crippen LogP contribution in [0, 0.1) is 40.4 Å². The van der Waals surface area contributed by atoms with Gasteiger partial charge in [0, 0.05) is 27.6 Å². The Kier molecular flexibility index (Phi) is 17.2. The lowest BCUT2D eigenvalue weighted by molar-refractivity contribution is 0.201. The molecule has 0 aliphatic rings. The molecule has 16 nitrogen and oxygen atoms in total. The number of aliphatic hydroxyl groups is 2. The first-order valence-electron chi connectivity index (χ1n) is 16.7. The highest BCUT2D eigenvalue weighted by atomic mass is 35.5. The SMILES string of the molecule is Nc1nc(CCl)cs1.[C-]#[N+]c1c(N)[nH]c(=S)c(C#N)c1-c1ccc(OCCO)cc1.[C-]#[N+]c1c(N)nc(SCc2csc(N)n2)c(C#N)c1-c1ccc(OCCO)cc1. The largest absolute Gasteiger partial charge is 0.491 e. The van der Waals surface area contributed by atoms with Crippen LogP contribution in [0.25, 0.3) is 31.9 Å². The number of halogens is 1. The highest BCUT2D eigenvalue weighted by Crippen LogP contribution is 2.42. The third-order valence-corrected chi connectivity index (χ3v) is 10.5. The van der Waals surface area contributed by atoms with Crippen LogP contribution in [0.2, 0.25) is 0 Å². The van der Waals surface area contributed by atoms with Gasteiger partial charge in [0.05, 0.1) is 54.8 Å². The molecule has 21 heteroatoms. The Bertz CT molecular complexity index is 2610. The van der Waals surface area contributed by atoms with E-state index < -0.39 is 0 Å². The number of aliphatic hydroxyl groups excluding tert-OH is 2. The highest BCUT2D eigenvalue weighted by Gasteiger charge is 2.21. The zero-order chi connectivity index (χ0) is 42.9. The predicted molar refractivity (Wildman–Crippen MR) is 235 cm³/mol. The number of alkyl halides is 1. The van der Waals surface area contributed by atoms with Gasteiger partial charge in [0.1, 0.15) is 58.2 Å². The lowest BCUT2D eigenvalue weighted by atomic mass is 10.00. The number of pyridine rings is 2. The van der Waals surface area contributed by atoms with E-state index in [1.54, 1.807) is 48.5 Å². The number of thioether (sulfide) groups is 1. The minimum atomic E-state index is -0.0890. The van der Waals surface area contributed by atoms with Gasteiger partial charge in [0.2, 0.25) is 11.4 Å². The molecule has 11 N–H and O–H groups in total. The van der Waals surface area contributed by atoms with Crippen molar-refractivity contribution in [3.63, 3.8) is 0 Å². The minimum absolute atomic E-state index is 0.0647. The van der Waals surface area contributed by atoms with Gasteiger partial charge in [-0.25, -0.2) is 24.6 Å². The summed E-state index contributed by atoms with van der Waals surface area (Å²) in [6, 6.07) is 17.9. The Morgan fingerprint density at radius 3 is 1.68 bits per heavy atom. The zero-order valence-electron chi connectivity index (χ0n) is 30.7. The van der Waals surface area contributed by atoms with Gasteiger partial charge in [-0.3, -0.25) is 0 Å². The molecule has 4 heterocycles. The number of benzene rings is 2. The van der Waals surface area contributed by atoms with Gasteiger partial charge in [-0.2, -0.15) is 10.5 Å². The molecule has 0 atom stereocenters. The second-order valence-electron chi connectivity index (χ2n) is 11.3. The average Bonchev–Trinajstić information content (AvgIpc) is 3.88. The molecular formula is C38H33ClN12O4S4. The first-order chi connectivity index (χ1) is 28.5. The molecule has 6 rings (SSSR count). The van der Waals surface area contributed by atoms with E-state index in [1.165, 1.54) is 34.4 Å². The number of rotatable bonds is 12. The van der Waals surface area contributed by atoms with E-state index in [1.807, 2.05) is 16.8 Å². The number of nitriles is 2. The first kappa shape index (κ1) is 45.2. The van der Waals surface area contributed by atoms with E-state index in [0.717, 1.165) is 11.4 Å². The summed E-state index contributed by atoms with van der Waals surface area (Å²) < 4.78 is 10.8. The zero-order valence-corrected chi connectivity index (χ0v) is 34.7. The van der Waals surface area contributed by atoms with Crippen molar-refractivity contribution in [2.75, 3.05) is 49.4 Å². The van der Waals surface area contributed by atoms with Crippen molar-refractivity contribution < 1.29 is 19.7 Å². The number of ether oxygens (including phenoxy) is 2. The first-order valence-corrected chi connectivity index (χ1v) is 20.4. The number of nitrogen functional groups attached to an aromatic ring is 4. The molecular weight excluding hydrogens is 852 g/mol. The number of nitrogens with zero attached hydrogens (tertiary/aromatic N) is 7. The van der Waals surface area contributed by atoms with Crippen LogP contribution in [0.3, 0.4) is 0 Å². The number of hydrogen-bond acceptors (Lipinski definition) is 17. The molecule has 0 bridgehead atoms. The Labute approximate surface area is 360 Å². The van der Waals surface area contributed by atoms with Crippen LogP contribution in [0.4, 0.5) is 33.3 Å². The van der Waals surface area contributed by atoms with Gasteiger partial charge in [0.25, 0.3) is 0 Å². The number of aromatic amines is 1. The quantitative estimate of drug-likeness (QED) is 0.0268. The summed E-state index contributed by atoms with van der Waals surface area (Å²) in [7, 11) is 0. The van der Waals surface area contributed by atoms with Gasteiger partial charge in [-0.05, 0) is 35.4 Å². The van der Waals surface area contributed by atoms with Crippen molar-refractivity contribution in [1.82, 2.24) is 19.9 Å². The number of nitrogens with two attached hydrogens (primary N) is 4. The van der Waals surface area contributed by atoms with Crippen molar-refractivity contribution in [2.24, 2.45) is 0 Å². The number of hydrogen-bond donors (Lipinski definition) is 7. The van der Waals surface area contributed by atoms with Crippen LogP contribution in [0.15, 0.2) is 64.3 Å². The third-order valence-electron chi connectivity index (χ3n) is 7.47. The molecule has 59 heavy (non-hydrogen) atoms. The lowest BCUT2D eigenvalue weighted by Crippen LogP contribution is -2.02. The predicted octanol–water partition coefficient (Wildman–Crippen LogP) is 7.71. The lowest BCUT2D eigenvalue weighted by Gasteiger charge is -2.13. The summed E-state index contributed by atoms with van der Waals surface area (Å²) in [6.45, 7) is 15.0. The van der Waals surface area contributed by atoms with E-state index in [4.69, 9.17) is 79.6 Å². The van der Waals surface area contributed by atoms with Crippen LogP contribution in [-0.2, 0) is 11.6 Å². The molecule has 0 aliphatic carbocycles. The van der Waals surface area contributed by atoms with Gasteiger partial charge >= 0.3 is 0 Å². The van der Waals surface area contributed by atoms with E-state index in [0.29, 0.717) is 60.7 Å². The van der Waals surface area contributed by atoms with Crippen molar-refractivity contribution in [2.45, 2.75) is 16.7 Å². The smallest absolute Gasteiger partial charge is 0.236 e. The number of thiazole rings is 2. The van der Waals surface area contributed by atoms with Crippen LogP contribution in [0.5, 0.6) is 11.5 Å². The molecule has 0 spiro atoms. The van der Waals surface area contributed by atoms with Crippen LogP contribution < -0.4 is 32.4 Å². The molecule has 6 aromatic rings. The van der Waals surface area contributed by atoms with Crippen LogP contribution in [0.1, 0.15) is 22.5 Å². The van der Waals surface area contributed by atoms with Gasteiger partial charge in [0.15, 0.2) is 10.3 Å². The summed E-state index contributed by atoms with van der Waals surface area (Å²) in [5.74, 6) is 2.27. The summed E-state index contributed by atoms with van der Waals surface area (Å²) >= 11 is 14.6. The third kappa shape index (κ3) is 12.0. The maximum Gasteiger partial charge on any atom is 0.236 e. The minimum Gasteiger partial charge on any atom is -0.491 e. The molecule has 0 saturated heterocycles. The van der Waals surface area contributed by atoms with E-state index in [9.17, 15) is 10.5 Å². The maximum absolute atomic E-state index is 9.81. The fourth-order valence-electron chi connectivity index (χ4n) is 4.97. The molecule has 0 radical (unpaired) electrons. The van der Waals surface area contributed by atoms with Gasteiger partial charge in [-0.1, -0.05) is 48.2 Å².